The van der Waals surface area contributed by atoms with E-state index in [1.807, 2.05) is 41.8 Å². The van der Waals surface area contributed by atoms with Gasteiger partial charge < -0.3 is 10.2 Å². The summed E-state index contributed by atoms with van der Waals surface area (Å²) in [6.07, 6.45) is 3.68. The van der Waals surface area contributed by atoms with Crippen molar-refractivity contribution in [2.24, 2.45) is 0 Å². The molecule has 0 atom stereocenters. The third-order valence-electron chi connectivity index (χ3n) is 6.63. The number of aromatic nitrogens is 3. The van der Waals surface area contributed by atoms with Crippen LogP contribution < -0.4 is 16.3 Å². The second kappa shape index (κ2) is 12.1. The van der Waals surface area contributed by atoms with Crippen LogP contribution in [0.5, 0.6) is 0 Å². The highest BCUT2D eigenvalue weighted by atomic mass is 32.2. The van der Waals surface area contributed by atoms with Crippen molar-refractivity contribution in [3.05, 3.63) is 64.3 Å². The van der Waals surface area contributed by atoms with Crippen molar-refractivity contribution in [1.82, 2.24) is 19.4 Å². The van der Waals surface area contributed by atoms with Gasteiger partial charge in [-0.1, -0.05) is 66.9 Å². The minimum atomic E-state index is -0.168. The summed E-state index contributed by atoms with van der Waals surface area (Å²) in [6.45, 7) is 5.63. The second-order valence-electron chi connectivity index (χ2n) is 9.20. The molecule has 0 unspecified atom stereocenters. The van der Waals surface area contributed by atoms with Crippen LogP contribution in [0.4, 0.5) is 5.13 Å². The highest BCUT2D eigenvalue weighted by molar-refractivity contribution is 7.99. The normalized spacial score (nSPS) is 14.1. The highest BCUT2D eigenvalue weighted by Crippen LogP contribution is 2.25. The number of hydrogen-bond acceptors (Lipinski definition) is 7. The Morgan fingerprint density at radius 3 is 2.76 bits per heavy atom. The van der Waals surface area contributed by atoms with Crippen LogP contribution in [0.3, 0.4) is 0 Å². The van der Waals surface area contributed by atoms with E-state index in [0.717, 1.165) is 38.2 Å². The molecule has 1 N–H and O–H groups in total. The number of fused-ring (bicyclic) bond motifs is 1. The molecule has 1 amide bonds. The zero-order valence-electron chi connectivity index (χ0n) is 21.0. The maximum absolute atomic E-state index is 13.3. The van der Waals surface area contributed by atoms with Gasteiger partial charge in [-0.25, -0.2) is 9.97 Å². The first-order chi connectivity index (χ1) is 18.1. The van der Waals surface area contributed by atoms with Gasteiger partial charge in [-0.2, -0.15) is 0 Å². The van der Waals surface area contributed by atoms with Crippen molar-refractivity contribution in [2.45, 2.75) is 37.8 Å². The number of rotatable bonds is 9. The van der Waals surface area contributed by atoms with Gasteiger partial charge in [-0.15, -0.1) is 11.3 Å². The number of carbonyl (C=O) groups is 1. The van der Waals surface area contributed by atoms with E-state index in [2.05, 4.69) is 34.2 Å². The first-order valence-corrected chi connectivity index (χ1v) is 14.7. The lowest BCUT2D eigenvalue weighted by molar-refractivity contribution is -0.113. The van der Waals surface area contributed by atoms with Gasteiger partial charge in [-0.05, 0) is 38.1 Å². The van der Waals surface area contributed by atoms with Crippen LogP contribution in [0.15, 0.2) is 63.9 Å². The van der Waals surface area contributed by atoms with Crippen LogP contribution in [-0.4, -0.2) is 58.0 Å². The van der Waals surface area contributed by atoms with E-state index >= 15 is 0 Å². The summed E-state index contributed by atoms with van der Waals surface area (Å²) in [5.41, 5.74) is 3.75. The molecule has 0 bridgehead atoms. The summed E-state index contributed by atoms with van der Waals surface area (Å²) in [5, 5.41) is 6.62. The average molecular weight is 532 g/mol. The van der Waals surface area contributed by atoms with Crippen molar-refractivity contribution in [3.63, 3.8) is 0 Å². The van der Waals surface area contributed by atoms with Gasteiger partial charge in [0.15, 0.2) is 17.6 Å². The van der Waals surface area contributed by atoms with Crippen molar-refractivity contribution in [2.75, 3.05) is 30.7 Å². The summed E-state index contributed by atoms with van der Waals surface area (Å²) in [7, 11) is 0.963. The van der Waals surface area contributed by atoms with Gasteiger partial charge in [-0.3, -0.25) is 14.2 Å². The minimum Gasteiger partial charge on any atom is -0.302 e. The maximum atomic E-state index is 13.3. The summed E-state index contributed by atoms with van der Waals surface area (Å²) in [5.74, 6) is -0.0208. The van der Waals surface area contributed by atoms with Crippen molar-refractivity contribution in [1.29, 1.82) is 0 Å². The Bertz CT molecular complexity index is 1450. The first kappa shape index (κ1) is 25.7. The molecule has 4 aromatic rings. The fraction of sp³-hybridized carbons (Fsp3) is 0.333. The van der Waals surface area contributed by atoms with E-state index in [-0.39, 0.29) is 17.2 Å². The van der Waals surface area contributed by atoms with E-state index in [4.69, 9.17) is 4.98 Å². The Balaban J connectivity index is 1.28. The number of piperidine rings is 1. The van der Waals surface area contributed by atoms with Gasteiger partial charge >= 0.3 is 0 Å². The predicted molar refractivity (Wildman–Crippen MR) is 156 cm³/mol. The fourth-order valence-electron chi connectivity index (χ4n) is 4.58. The number of amides is 1. The van der Waals surface area contributed by atoms with Crippen LogP contribution >= 0.6 is 23.1 Å². The van der Waals surface area contributed by atoms with Crippen LogP contribution in [0.25, 0.3) is 22.2 Å². The highest BCUT2D eigenvalue weighted by Gasteiger charge is 2.16. The van der Waals surface area contributed by atoms with E-state index in [0.29, 0.717) is 27.7 Å². The van der Waals surface area contributed by atoms with Crippen molar-refractivity contribution in [3.8, 4) is 11.3 Å². The average Bonchev–Trinajstić information content (AvgIpc) is 3.40. The maximum Gasteiger partial charge on any atom is 0.262 e. The van der Waals surface area contributed by atoms with Crippen LogP contribution in [0, 0.1) is 0 Å². The molecular formula is C27H30BN5O2S2. The van der Waals surface area contributed by atoms with Gasteiger partial charge in [0.2, 0.25) is 5.91 Å². The molecule has 1 fully saturated rings. The smallest absolute Gasteiger partial charge is 0.262 e. The number of hydrogen-bond donors (Lipinski definition) is 1. The van der Waals surface area contributed by atoms with Gasteiger partial charge in [0.1, 0.15) is 0 Å². The molecule has 0 radical (unpaired) electrons. The molecule has 37 heavy (non-hydrogen) atoms. The van der Waals surface area contributed by atoms with Gasteiger partial charge in [0.25, 0.3) is 5.56 Å². The number of thioether (sulfide) groups is 1. The molecule has 0 spiro atoms. The number of nitrogens with zero attached hydrogens (tertiary/aromatic N) is 4. The number of thiazole rings is 1. The molecule has 2 aromatic carbocycles. The quantitative estimate of drug-likeness (QED) is 0.201. The third-order valence-corrected chi connectivity index (χ3v) is 8.36. The van der Waals surface area contributed by atoms with Crippen LogP contribution in [0.2, 0.25) is 6.82 Å². The second-order valence-corrected chi connectivity index (χ2v) is 11.0. The zero-order chi connectivity index (χ0) is 25.6. The van der Waals surface area contributed by atoms with Crippen molar-refractivity contribution < 1.29 is 4.79 Å². The number of benzene rings is 2. The number of nitrogens with one attached hydrogen (secondary N) is 1. The zero-order valence-corrected chi connectivity index (χ0v) is 22.6. The molecule has 7 nitrogen and oxygen atoms in total. The fourth-order valence-corrected chi connectivity index (χ4v) is 6.14. The number of carbonyl (C=O) groups excluding carboxylic acids is 1. The molecule has 1 aliphatic heterocycles. The monoisotopic (exact) mass is 531 g/mol. The molecule has 2 aromatic heterocycles. The Kier molecular flexibility index (Phi) is 8.38. The lowest BCUT2D eigenvalue weighted by atomic mass is 9.73. The van der Waals surface area contributed by atoms with Gasteiger partial charge in [0, 0.05) is 24.0 Å². The molecule has 5 rings (SSSR count). The summed E-state index contributed by atoms with van der Waals surface area (Å²) in [4.78, 5) is 37.9. The predicted octanol–water partition coefficient (Wildman–Crippen LogP) is 3.85. The lowest BCUT2D eigenvalue weighted by Gasteiger charge is -2.26. The number of anilines is 1. The number of para-hydroxylation sites is 1. The molecule has 0 saturated carbocycles. The molecule has 10 heteroatoms. The van der Waals surface area contributed by atoms with E-state index in [9.17, 15) is 9.59 Å². The lowest BCUT2D eigenvalue weighted by Crippen LogP contribution is -2.35. The number of likely N-dealkylation sites (tertiary alicyclic amines) is 1. The van der Waals surface area contributed by atoms with Crippen molar-refractivity contribution >= 4 is 57.8 Å². The molecule has 190 valence electrons. The Hall–Kier alpha value is -2.95. The Morgan fingerprint density at radius 2 is 1.92 bits per heavy atom. The Labute approximate surface area is 225 Å². The SMILES string of the molecule is CBc1cccc(-c2csc(NC(=O)CSc3nc4ccccc4c(=O)n3CCN3CCCCC3)n2)c1. The van der Waals surface area contributed by atoms with Gasteiger partial charge in [0.05, 0.1) is 22.3 Å². The summed E-state index contributed by atoms with van der Waals surface area (Å²) >= 11 is 2.71. The molecular weight excluding hydrogens is 501 g/mol. The molecule has 0 aliphatic carbocycles. The molecule has 1 aliphatic rings. The summed E-state index contributed by atoms with van der Waals surface area (Å²) in [6, 6.07) is 15.7. The largest absolute Gasteiger partial charge is 0.302 e. The third kappa shape index (κ3) is 6.31. The molecule has 1 saturated heterocycles. The van der Waals surface area contributed by atoms with E-state index in [1.165, 1.54) is 47.8 Å². The standard InChI is InChI=1S/C27H30BN5O2S2/c1-28-20-9-7-8-19(16-20)23-17-36-26(29-23)31-24(34)18-37-27-30-22-11-4-3-10-21(22)25(35)33(27)15-14-32-12-5-2-6-13-32/h3-4,7-11,16-17,28H,2,5-6,12-15,18H2,1H3,(H,29,31,34). The molecule has 3 heterocycles. The van der Waals surface area contributed by atoms with E-state index in [1.54, 1.807) is 4.57 Å². The minimum absolute atomic E-state index is 0.0515. The first-order valence-electron chi connectivity index (χ1n) is 12.8. The van der Waals surface area contributed by atoms with Crippen LogP contribution in [0.1, 0.15) is 19.3 Å². The topological polar surface area (TPSA) is 80.1 Å². The van der Waals surface area contributed by atoms with E-state index < -0.39 is 0 Å². The Morgan fingerprint density at radius 1 is 1.08 bits per heavy atom. The summed E-state index contributed by atoms with van der Waals surface area (Å²) < 4.78 is 1.73. The van der Waals surface area contributed by atoms with Crippen LogP contribution in [-0.2, 0) is 11.3 Å².